The lowest BCUT2D eigenvalue weighted by Crippen LogP contribution is -2.25. The number of rotatable bonds is 5. The van der Waals surface area contributed by atoms with E-state index in [0.717, 1.165) is 11.1 Å². The van der Waals surface area contributed by atoms with Crippen LogP contribution in [0.5, 0.6) is 0 Å². The third-order valence-corrected chi connectivity index (χ3v) is 4.33. The molecule has 0 spiro atoms. The molecule has 1 N–H and O–H groups in total. The summed E-state index contributed by atoms with van der Waals surface area (Å²) in [5, 5.41) is 0. The van der Waals surface area contributed by atoms with Gasteiger partial charge in [-0.2, -0.15) is 0 Å². The Balaban J connectivity index is 2.05. The average Bonchev–Trinajstić information content (AvgIpc) is 2.68. The molecule has 20 heavy (non-hydrogen) atoms. The van der Waals surface area contributed by atoms with Gasteiger partial charge in [-0.05, 0) is 25.0 Å². The first-order valence-electron chi connectivity index (χ1n) is 6.32. The van der Waals surface area contributed by atoms with Gasteiger partial charge in [-0.25, -0.2) is 18.1 Å². The summed E-state index contributed by atoms with van der Waals surface area (Å²) in [6.07, 6.45) is 0. The van der Waals surface area contributed by atoms with E-state index in [0.29, 0.717) is 17.3 Å². The molecule has 0 aliphatic rings. The molecule has 2 aromatic rings. The van der Waals surface area contributed by atoms with Crippen molar-refractivity contribution >= 4 is 10.0 Å². The van der Waals surface area contributed by atoms with Crippen LogP contribution in [0.1, 0.15) is 28.5 Å². The van der Waals surface area contributed by atoms with Gasteiger partial charge in [0, 0.05) is 6.92 Å². The Bertz CT molecular complexity index is 705. The predicted octanol–water partition coefficient (Wildman–Crippen LogP) is 2.22. The maximum Gasteiger partial charge on any atom is 0.216 e. The molecule has 0 aliphatic carbocycles. The van der Waals surface area contributed by atoms with E-state index in [1.54, 1.807) is 13.8 Å². The molecule has 0 bridgehead atoms. The number of aryl methyl sites for hydroxylation is 3. The Morgan fingerprint density at radius 1 is 1.20 bits per heavy atom. The van der Waals surface area contributed by atoms with E-state index < -0.39 is 10.0 Å². The quantitative estimate of drug-likeness (QED) is 0.917. The lowest BCUT2D eigenvalue weighted by Gasteiger charge is -2.08. The smallest absolute Gasteiger partial charge is 0.216 e. The highest BCUT2D eigenvalue weighted by molar-refractivity contribution is 7.88. The number of benzene rings is 1. The summed E-state index contributed by atoms with van der Waals surface area (Å²) in [4.78, 5) is 4.11. The molecule has 0 radical (unpaired) electrons. The van der Waals surface area contributed by atoms with Crippen LogP contribution >= 0.6 is 0 Å². The Morgan fingerprint density at radius 2 is 1.90 bits per heavy atom. The van der Waals surface area contributed by atoms with Gasteiger partial charge in [-0.15, -0.1) is 0 Å². The van der Waals surface area contributed by atoms with E-state index in [1.807, 2.05) is 31.2 Å². The van der Waals surface area contributed by atoms with Gasteiger partial charge in [0.05, 0.1) is 18.0 Å². The second kappa shape index (κ2) is 5.76. The molecule has 0 saturated heterocycles. The lowest BCUT2D eigenvalue weighted by molar-refractivity contribution is 0.466. The Labute approximate surface area is 119 Å². The fourth-order valence-corrected chi connectivity index (χ4v) is 3.13. The monoisotopic (exact) mass is 294 g/mol. The Morgan fingerprint density at radius 3 is 2.50 bits per heavy atom. The summed E-state index contributed by atoms with van der Waals surface area (Å²) in [5.74, 6) is 1.05. The molecular formula is C14H18N2O3S. The van der Waals surface area contributed by atoms with Gasteiger partial charge in [0.1, 0.15) is 5.76 Å². The van der Waals surface area contributed by atoms with Gasteiger partial charge in [0.15, 0.2) is 5.89 Å². The largest absolute Gasteiger partial charge is 0.444 e. The fraction of sp³-hybridized carbons (Fsp3) is 0.357. The second-order valence-electron chi connectivity index (χ2n) is 4.75. The topological polar surface area (TPSA) is 72.2 Å². The maximum atomic E-state index is 12.1. The lowest BCUT2D eigenvalue weighted by atomic mass is 10.1. The first-order chi connectivity index (χ1) is 9.37. The van der Waals surface area contributed by atoms with Crippen molar-refractivity contribution in [1.82, 2.24) is 9.71 Å². The predicted molar refractivity (Wildman–Crippen MR) is 76.6 cm³/mol. The molecule has 1 aromatic carbocycles. The molecule has 5 nitrogen and oxygen atoms in total. The average molecular weight is 294 g/mol. The zero-order valence-corrected chi connectivity index (χ0v) is 12.6. The zero-order valence-electron chi connectivity index (χ0n) is 11.8. The number of hydrogen-bond donors (Lipinski definition) is 1. The van der Waals surface area contributed by atoms with Crippen molar-refractivity contribution in [2.45, 2.75) is 33.1 Å². The molecule has 6 heteroatoms. The highest BCUT2D eigenvalue weighted by atomic mass is 32.2. The van der Waals surface area contributed by atoms with Crippen LogP contribution in [-0.2, 0) is 22.3 Å². The van der Waals surface area contributed by atoms with Crippen molar-refractivity contribution < 1.29 is 12.8 Å². The molecular weight excluding hydrogens is 276 g/mol. The molecule has 0 aliphatic heterocycles. The molecule has 2 rings (SSSR count). The van der Waals surface area contributed by atoms with Crippen LogP contribution in [0.2, 0.25) is 0 Å². The second-order valence-corrected chi connectivity index (χ2v) is 6.56. The van der Waals surface area contributed by atoms with Crippen molar-refractivity contribution in [1.29, 1.82) is 0 Å². The van der Waals surface area contributed by atoms with Crippen molar-refractivity contribution in [2.24, 2.45) is 0 Å². The summed E-state index contributed by atoms with van der Waals surface area (Å²) in [6.45, 7) is 5.55. The zero-order chi connectivity index (χ0) is 14.8. The summed E-state index contributed by atoms with van der Waals surface area (Å²) in [7, 11) is -3.40. The Kier molecular flexibility index (Phi) is 4.25. The first-order valence-corrected chi connectivity index (χ1v) is 7.97. The van der Waals surface area contributed by atoms with Crippen LogP contribution in [0, 0.1) is 20.8 Å². The van der Waals surface area contributed by atoms with Crippen LogP contribution < -0.4 is 4.72 Å². The molecule has 0 fully saturated rings. The standard InChI is InChI=1S/C14H18N2O3S/c1-10-6-4-5-7-13(10)9-20(17,18)15-8-14-11(2)16-12(3)19-14/h4-7,15H,8-9H2,1-3H3. The van der Waals surface area contributed by atoms with Crippen LogP contribution in [0.25, 0.3) is 0 Å². The molecule has 1 aromatic heterocycles. The molecule has 0 atom stereocenters. The first kappa shape index (κ1) is 14.7. The van der Waals surface area contributed by atoms with Gasteiger partial charge in [0.25, 0.3) is 0 Å². The van der Waals surface area contributed by atoms with Crippen LogP contribution in [0.15, 0.2) is 28.7 Å². The maximum absolute atomic E-state index is 12.1. The van der Waals surface area contributed by atoms with E-state index in [-0.39, 0.29) is 12.3 Å². The van der Waals surface area contributed by atoms with Crippen molar-refractivity contribution in [3.05, 3.63) is 52.7 Å². The summed E-state index contributed by atoms with van der Waals surface area (Å²) in [6, 6.07) is 7.44. The minimum atomic E-state index is -3.40. The molecule has 0 unspecified atom stereocenters. The molecule has 1 heterocycles. The van der Waals surface area contributed by atoms with E-state index >= 15 is 0 Å². The van der Waals surface area contributed by atoms with Gasteiger partial charge in [-0.1, -0.05) is 24.3 Å². The molecule has 108 valence electrons. The van der Waals surface area contributed by atoms with E-state index in [9.17, 15) is 8.42 Å². The van der Waals surface area contributed by atoms with Crippen molar-refractivity contribution in [2.75, 3.05) is 0 Å². The van der Waals surface area contributed by atoms with Crippen molar-refractivity contribution in [3.8, 4) is 0 Å². The van der Waals surface area contributed by atoms with Crippen LogP contribution in [0.3, 0.4) is 0 Å². The molecule has 0 saturated carbocycles. The summed E-state index contributed by atoms with van der Waals surface area (Å²) < 4.78 is 32.0. The van der Waals surface area contributed by atoms with E-state index in [4.69, 9.17) is 4.42 Å². The van der Waals surface area contributed by atoms with Crippen LogP contribution in [-0.4, -0.2) is 13.4 Å². The van der Waals surface area contributed by atoms with Crippen LogP contribution in [0.4, 0.5) is 0 Å². The number of sulfonamides is 1. The van der Waals surface area contributed by atoms with Gasteiger partial charge >= 0.3 is 0 Å². The fourth-order valence-electron chi connectivity index (χ4n) is 1.94. The van der Waals surface area contributed by atoms with Gasteiger partial charge in [0.2, 0.25) is 10.0 Å². The number of nitrogens with zero attached hydrogens (tertiary/aromatic N) is 1. The Hall–Kier alpha value is -1.66. The summed E-state index contributed by atoms with van der Waals surface area (Å²) in [5.41, 5.74) is 2.47. The van der Waals surface area contributed by atoms with Crippen molar-refractivity contribution in [3.63, 3.8) is 0 Å². The summed E-state index contributed by atoms with van der Waals surface area (Å²) >= 11 is 0. The third-order valence-electron chi connectivity index (χ3n) is 3.06. The van der Waals surface area contributed by atoms with Gasteiger partial charge < -0.3 is 4.42 Å². The highest BCUT2D eigenvalue weighted by Crippen LogP contribution is 2.12. The molecule has 0 amide bonds. The number of aromatic nitrogens is 1. The number of oxazole rings is 1. The highest BCUT2D eigenvalue weighted by Gasteiger charge is 2.15. The van der Waals surface area contributed by atoms with Gasteiger partial charge in [-0.3, -0.25) is 0 Å². The minimum absolute atomic E-state index is 0.0359. The normalized spacial score (nSPS) is 11.8. The third kappa shape index (κ3) is 3.68. The number of nitrogens with one attached hydrogen (secondary N) is 1. The van der Waals surface area contributed by atoms with E-state index in [2.05, 4.69) is 9.71 Å². The minimum Gasteiger partial charge on any atom is -0.444 e. The number of hydrogen-bond acceptors (Lipinski definition) is 4. The van der Waals surface area contributed by atoms with E-state index in [1.165, 1.54) is 0 Å². The SMILES string of the molecule is Cc1nc(C)c(CNS(=O)(=O)Cc2ccccc2C)o1.